The first-order valence-electron chi connectivity index (χ1n) is 7.85. The van der Waals surface area contributed by atoms with Gasteiger partial charge in [-0.25, -0.2) is 4.98 Å². The van der Waals surface area contributed by atoms with Crippen molar-refractivity contribution in [2.45, 2.75) is 31.9 Å². The third-order valence-corrected chi connectivity index (χ3v) is 4.12. The summed E-state index contributed by atoms with van der Waals surface area (Å²) in [4.78, 5) is 16.7. The minimum atomic E-state index is -4.15. The molecule has 0 fully saturated rings. The first kappa shape index (κ1) is 17.7. The van der Waals surface area contributed by atoms with E-state index in [1.165, 1.54) is 0 Å². The van der Waals surface area contributed by atoms with E-state index in [-0.39, 0.29) is 31.7 Å². The Balaban J connectivity index is 1.71. The number of ether oxygens (including phenoxy) is 1. The van der Waals surface area contributed by atoms with Gasteiger partial charge in [-0.2, -0.15) is 13.2 Å². The fourth-order valence-electron chi connectivity index (χ4n) is 2.67. The van der Waals surface area contributed by atoms with E-state index in [1.54, 1.807) is 30.3 Å². The number of pyridine rings is 1. The van der Waals surface area contributed by atoms with Gasteiger partial charge in [0, 0.05) is 28.5 Å². The van der Waals surface area contributed by atoms with Crippen molar-refractivity contribution < 1.29 is 22.7 Å². The Hall–Kier alpha value is -2.08. The zero-order valence-electron chi connectivity index (χ0n) is 13.2. The van der Waals surface area contributed by atoms with Crippen molar-refractivity contribution in [2.75, 3.05) is 6.61 Å². The van der Waals surface area contributed by atoms with Crippen molar-refractivity contribution in [3.8, 4) is 0 Å². The van der Waals surface area contributed by atoms with Crippen molar-refractivity contribution in [2.24, 2.45) is 0 Å². The Morgan fingerprint density at radius 3 is 2.76 bits per heavy atom. The van der Waals surface area contributed by atoms with Crippen LogP contribution in [-0.2, 0) is 4.74 Å². The van der Waals surface area contributed by atoms with Gasteiger partial charge >= 0.3 is 6.18 Å². The molecule has 0 unspecified atom stereocenters. The lowest BCUT2D eigenvalue weighted by molar-refractivity contribution is -0.135. The van der Waals surface area contributed by atoms with Crippen molar-refractivity contribution in [3.63, 3.8) is 0 Å². The van der Waals surface area contributed by atoms with E-state index in [9.17, 15) is 18.0 Å². The molecule has 3 rings (SSSR count). The number of alkyl halides is 3. The molecule has 2 aromatic rings. The van der Waals surface area contributed by atoms with Gasteiger partial charge in [0.05, 0.1) is 24.2 Å². The van der Waals surface area contributed by atoms with Crippen LogP contribution in [0.2, 0.25) is 5.02 Å². The SMILES string of the molecule is O=C1CC(OCCCCC(F)(F)F)=Cc2nc3cc(Cl)ccc3cc21. The lowest BCUT2D eigenvalue weighted by Gasteiger charge is -2.17. The molecule has 1 aliphatic rings. The summed E-state index contributed by atoms with van der Waals surface area (Å²) in [6, 6.07) is 7.01. The van der Waals surface area contributed by atoms with E-state index in [2.05, 4.69) is 4.98 Å². The van der Waals surface area contributed by atoms with Crippen molar-refractivity contribution in [1.29, 1.82) is 0 Å². The average Bonchev–Trinajstić information content (AvgIpc) is 2.52. The summed E-state index contributed by atoms with van der Waals surface area (Å²) in [5.74, 6) is 0.311. The van der Waals surface area contributed by atoms with Crippen LogP contribution in [0.3, 0.4) is 0 Å². The zero-order chi connectivity index (χ0) is 18.0. The van der Waals surface area contributed by atoms with Crippen LogP contribution in [0.1, 0.15) is 41.7 Å². The smallest absolute Gasteiger partial charge is 0.389 e. The van der Waals surface area contributed by atoms with Gasteiger partial charge in [-0.15, -0.1) is 0 Å². The first-order valence-corrected chi connectivity index (χ1v) is 8.23. The normalized spacial score (nSPS) is 14.4. The van der Waals surface area contributed by atoms with E-state index < -0.39 is 12.6 Å². The number of benzene rings is 1. The lowest BCUT2D eigenvalue weighted by Crippen LogP contribution is -2.12. The van der Waals surface area contributed by atoms with Crippen LogP contribution < -0.4 is 0 Å². The molecular weight excluding hydrogens is 355 g/mol. The summed E-state index contributed by atoms with van der Waals surface area (Å²) in [6.45, 7) is 0.143. The van der Waals surface area contributed by atoms with Crippen LogP contribution in [0, 0.1) is 0 Å². The van der Waals surface area contributed by atoms with E-state index in [0.717, 1.165) is 5.39 Å². The van der Waals surface area contributed by atoms with Gasteiger partial charge in [0.1, 0.15) is 5.76 Å². The molecule has 0 spiro atoms. The van der Waals surface area contributed by atoms with Gasteiger partial charge in [-0.3, -0.25) is 4.79 Å². The molecule has 0 bridgehead atoms. The van der Waals surface area contributed by atoms with Gasteiger partial charge in [0.15, 0.2) is 5.78 Å². The summed E-state index contributed by atoms with van der Waals surface area (Å²) in [5, 5.41) is 1.37. The van der Waals surface area contributed by atoms with Crippen LogP contribution in [0.4, 0.5) is 13.2 Å². The fourth-order valence-corrected chi connectivity index (χ4v) is 2.84. The molecule has 0 radical (unpaired) electrons. The molecule has 0 saturated heterocycles. The predicted octanol–water partition coefficient (Wildman–Crippen LogP) is 5.56. The average molecular weight is 370 g/mol. The molecule has 0 saturated carbocycles. The van der Waals surface area contributed by atoms with Crippen molar-refractivity contribution >= 4 is 34.4 Å². The lowest BCUT2D eigenvalue weighted by atomic mass is 9.97. The number of allylic oxidation sites excluding steroid dienone is 1. The summed E-state index contributed by atoms with van der Waals surface area (Å²) in [7, 11) is 0. The van der Waals surface area contributed by atoms with Gasteiger partial charge in [0.25, 0.3) is 0 Å². The number of unbranched alkanes of at least 4 members (excludes halogenated alkanes) is 1. The number of carbonyl (C=O) groups is 1. The van der Waals surface area contributed by atoms with E-state index in [4.69, 9.17) is 16.3 Å². The van der Waals surface area contributed by atoms with Crippen molar-refractivity contribution in [3.05, 3.63) is 46.3 Å². The highest BCUT2D eigenvalue weighted by Crippen LogP contribution is 2.28. The number of halogens is 4. The minimum Gasteiger partial charge on any atom is -0.497 e. The number of fused-ring (bicyclic) bond motifs is 2. The van der Waals surface area contributed by atoms with Crippen LogP contribution in [0.25, 0.3) is 17.0 Å². The largest absolute Gasteiger partial charge is 0.497 e. The standard InChI is InChI=1S/C18H15ClF3NO2/c19-12-4-3-11-7-14-16(23-15(11)8-12)9-13(10-17(14)24)25-6-2-1-5-18(20,21)22/h3-4,7-9H,1-2,5-6,10H2. The van der Waals surface area contributed by atoms with E-state index in [0.29, 0.717) is 27.6 Å². The molecular formula is C18H15ClF3NO2. The number of hydrogen-bond donors (Lipinski definition) is 0. The Bertz CT molecular complexity index is 846. The van der Waals surface area contributed by atoms with Crippen LogP contribution >= 0.6 is 11.6 Å². The molecule has 7 heteroatoms. The minimum absolute atomic E-state index is 0.00268. The predicted molar refractivity (Wildman–Crippen MR) is 89.5 cm³/mol. The topological polar surface area (TPSA) is 39.2 Å². The summed E-state index contributed by atoms with van der Waals surface area (Å²) in [6.07, 6.45) is -2.94. The molecule has 0 aliphatic heterocycles. The molecule has 3 nitrogen and oxygen atoms in total. The highest BCUT2D eigenvalue weighted by atomic mass is 35.5. The molecule has 1 aliphatic carbocycles. The quantitative estimate of drug-likeness (QED) is 0.647. The zero-order valence-corrected chi connectivity index (χ0v) is 14.0. The Morgan fingerprint density at radius 2 is 2.00 bits per heavy atom. The number of nitrogens with zero attached hydrogens (tertiary/aromatic N) is 1. The van der Waals surface area contributed by atoms with Gasteiger partial charge in [-0.1, -0.05) is 17.7 Å². The molecule has 1 aromatic carbocycles. The van der Waals surface area contributed by atoms with Gasteiger partial charge < -0.3 is 4.74 Å². The van der Waals surface area contributed by atoms with Crippen LogP contribution in [0.5, 0.6) is 0 Å². The fraction of sp³-hybridized carbons (Fsp3) is 0.333. The highest BCUT2D eigenvalue weighted by molar-refractivity contribution is 6.31. The summed E-state index contributed by atoms with van der Waals surface area (Å²) in [5.41, 5.74) is 1.68. The highest BCUT2D eigenvalue weighted by Gasteiger charge is 2.26. The monoisotopic (exact) mass is 369 g/mol. The molecule has 0 atom stereocenters. The third kappa shape index (κ3) is 4.51. The Morgan fingerprint density at radius 1 is 1.20 bits per heavy atom. The van der Waals surface area contributed by atoms with Gasteiger partial charge in [-0.05, 0) is 31.0 Å². The second kappa shape index (κ2) is 7.04. The number of aromatic nitrogens is 1. The molecule has 25 heavy (non-hydrogen) atoms. The summed E-state index contributed by atoms with van der Waals surface area (Å²) >= 11 is 5.96. The number of ketones is 1. The Labute approximate surface area is 147 Å². The molecule has 0 N–H and O–H groups in total. The number of carbonyl (C=O) groups excluding carboxylic acids is 1. The maximum Gasteiger partial charge on any atom is 0.389 e. The molecule has 1 heterocycles. The molecule has 1 aromatic heterocycles. The third-order valence-electron chi connectivity index (χ3n) is 3.88. The van der Waals surface area contributed by atoms with E-state index >= 15 is 0 Å². The van der Waals surface area contributed by atoms with Crippen molar-refractivity contribution in [1.82, 2.24) is 4.98 Å². The maximum absolute atomic E-state index is 12.3. The molecule has 0 amide bonds. The van der Waals surface area contributed by atoms with Crippen LogP contribution in [0.15, 0.2) is 30.0 Å². The number of Topliss-reactive ketones (excluding diaryl/α,β-unsaturated/α-hetero) is 1. The maximum atomic E-state index is 12.3. The number of rotatable bonds is 5. The summed E-state index contributed by atoms with van der Waals surface area (Å²) < 4.78 is 41.8. The van der Waals surface area contributed by atoms with Gasteiger partial charge in [0.2, 0.25) is 0 Å². The second-order valence-electron chi connectivity index (χ2n) is 5.89. The van der Waals surface area contributed by atoms with E-state index in [1.807, 2.05) is 0 Å². The van der Waals surface area contributed by atoms with Crippen LogP contribution in [-0.4, -0.2) is 23.6 Å². The first-order chi connectivity index (χ1) is 11.8. The Kier molecular flexibility index (Phi) is 4.99. The number of hydrogen-bond acceptors (Lipinski definition) is 3. The second-order valence-corrected chi connectivity index (χ2v) is 6.33. The molecule has 132 valence electrons.